The fourth-order valence-electron chi connectivity index (χ4n) is 5.92. The summed E-state index contributed by atoms with van der Waals surface area (Å²) in [5, 5.41) is 5.40. The highest BCUT2D eigenvalue weighted by molar-refractivity contribution is 6.07. The minimum atomic E-state index is -5.10. The molecule has 0 fully saturated rings. The van der Waals surface area contributed by atoms with Crippen molar-refractivity contribution < 1.29 is 51.3 Å². The summed E-state index contributed by atoms with van der Waals surface area (Å²) in [4.78, 5) is 62.7. The number of aromatic nitrogens is 2. The first-order valence-electron chi connectivity index (χ1n) is 21.2. The van der Waals surface area contributed by atoms with Gasteiger partial charge in [0.15, 0.2) is 0 Å². The first kappa shape index (κ1) is 51.0. The molecule has 0 saturated carbocycles. The number of aryl methyl sites for hydroxylation is 2. The summed E-state index contributed by atoms with van der Waals surface area (Å²) in [5.74, 6) is -1.09. The maximum Gasteiger partial charge on any atom is 0.473 e. The molecule has 62 heavy (non-hydrogen) atoms. The Morgan fingerprint density at radius 1 is 0.742 bits per heavy atom. The van der Waals surface area contributed by atoms with Crippen molar-refractivity contribution in [3.63, 3.8) is 0 Å². The van der Waals surface area contributed by atoms with Gasteiger partial charge in [-0.3, -0.25) is 20.0 Å². The molecule has 16 nitrogen and oxygen atoms in total. The normalized spacial score (nSPS) is 14.3. The molecule has 0 unspecified atom stereocenters. The summed E-state index contributed by atoms with van der Waals surface area (Å²) < 4.78 is 64.8. The van der Waals surface area contributed by atoms with Gasteiger partial charge in [0.1, 0.15) is 28.4 Å². The van der Waals surface area contributed by atoms with E-state index in [-0.39, 0.29) is 11.6 Å². The number of amidine groups is 1. The molecule has 19 heteroatoms. The number of nitrogens with one attached hydrogen (secondary N) is 2. The number of amides is 4. The molecule has 2 N–H and O–H groups in total. The van der Waals surface area contributed by atoms with Crippen LogP contribution in [0, 0.1) is 0 Å². The van der Waals surface area contributed by atoms with Crippen LogP contribution in [0.5, 0.6) is 5.75 Å². The van der Waals surface area contributed by atoms with Gasteiger partial charge in [-0.05, 0) is 119 Å². The summed E-state index contributed by atoms with van der Waals surface area (Å²) in [6.07, 6.45) is 2.63. The molecule has 1 aromatic heterocycles. The van der Waals surface area contributed by atoms with E-state index in [4.69, 9.17) is 18.9 Å². The van der Waals surface area contributed by atoms with E-state index in [1.807, 2.05) is 32.9 Å². The summed E-state index contributed by atoms with van der Waals surface area (Å²) in [6, 6.07) is 7.25. The number of guanidine groups is 1. The fourth-order valence-corrected chi connectivity index (χ4v) is 5.92. The molecule has 0 bridgehead atoms. The number of hydrogen-bond acceptors (Lipinski definition) is 9. The standard InChI is InChI=1S/C43H65F3N8O8/c1-40(2,3)60-37(56)50-35(51-38(57)61-41(4,5)6)48-23-14-12-10-11-13-15-25-52-28-29-53(36(52)49-34(55)43(44,45)46)26-16-17-30-59-32-21-19-31(20-22-32)33-47-24-18-27-54(33)39(58)62-42(7,8)9/h19-22,28-29H,10-18,23-27,30H2,1-9H3,(H2,48,50,51,56,57)/b49-36+. The lowest BCUT2D eigenvalue weighted by Crippen LogP contribution is -2.44. The maximum atomic E-state index is 13.3. The SMILES string of the molecule is CC(C)(C)OC(=O)/N=C(/NCCCCCCCCn1ccn(CCCCOc2ccc(C3=NCCCN3C(=O)OC(C)(C)C)cc2)/c1=N/C(=O)C(F)(F)F)NC(=O)OC(C)(C)C. The second kappa shape index (κ2) is 23.2. The van der Waals surface area contributed by atoms with Crippen LogP contribution in [0.2, 0.25) is 0 Å². The number of benzene rings is 1. The van der Waals surface area contributed by atoms with Gasteiger partial charge < -0.3 is 33.4 Å². The van der Waals surface area contributed by atoms with Gasteiger partial charge in [0.05, 0.1) is 6.61 Å². The Bertz CT molecular complexity index is 1920. The highest BCUT2D eigenvalue weighted by Crippen LogP contribution is 2.20. The lowest BCUT2D eigenvalue weighted by atomic mass is 10.1. The molecular weight excluding hydrogens is 814 g/mol. The van der Waals surface area contributed by atoms with Crippen molar-refractivity contribution in [2.24, 2.45) is 15.0 Å². The molecule has 346 valence electrons. The first-order valence-corrected chi connectivity index (χ1v) is 21.2. The van der Waals surface area contributed by atoms with Crippen LogP contribution < -0.4 is 21.0 Å². The van der Waals surface area contributed by atoms with Gasteiger partial charge in [0.2, 0.25) is 11.6 Å². The molecular formula is C43H65F3N8O8. The highest BCUT2D eigenvalue weighted by atomic mass is 19.4. The van der Waals surface area contributed by atoms with Crippen LogP contribution >= 0.6 is 0 Å². The van der Waals surface area contributed by atoms with Crippen molar-refractivity contribution in [1.82, 2.24) is 24.7 Å². The van der Waals surface area contributed by atoms with Crippen molar-refractivity contribution in [2.45, 2.75) is 156 Å². The second-order valence-electron chi connectivity index (χ2n) is 17.8. The Hall–Kier alpha value is -5.36. The van der Waals surface area contributed by atoms with Crippen LogP contribution in [0.25, 0.3) is 0 Å². The Balaban J connectivity index is 1.46. The van der Waals surface area contributed by atoms with E-state index in [0.717, 1.165) is 37.7 Å². The summed E-state index contributed by atoms with van der Waals surface area (Å²) in [7, 11) is 0. The Morgan fingerprint density at radius 2 is 1.31 bits per heavy atom. The fraction of sp³-hybridized carbons (Fsp3) is 0.651. The Labute approximate surface area is 362 Å². The van der Waals surface area contributed by atoms with Gasteiger partial charge in [-0.1, -0.05) is 25.7 Å². The predicted molar refractivity (Wildman–Crippen MR) is 228 cm³/mol. The number of imidazole rings is 1. The van der Waals surface area contributed by atoms with Crippen LogP contribution in [0.3, 0.4) is 0 Å². The van der Waals surface area contributed by atoms with Crippen LogP contribution in [0.15, 0.2) is 51.6 Å². The van der Waals surface area contributed by atoms with Crippen molar-refractivity contribution in [2.75, 3.05) is 26.2 Å². The van der Waals surface area contributed by atoms with E-state index in [2.05, 4.69) is 25.6 Å². The lowest BCUT2D eigenvalue weighted by Gasteiger charge is -2.30. The number of alkyl carbamates (subject to hydrolysis) is 1. The molecule has 0 saturated heterocycles. The number of carbonyl (C=O) groups excluding carboxylic acids is 4. The minimum Gasteiger partial charge on any atom is -0.494 e. The molecule has 0 aliphatic carbocycles. The zero-order chi connectivity index (χ0) is 46.1. The number of ether oxygens (including phenoxy) is 4. The predicted octanol–water partition coefficient (Wildman–Crippen LogP) is 8.27. The van der Waals surface area contributed by atoms with Crippen molar-refractivity contribution in [3.8, 4) is 5.75 Å². The minimum absolute atomic E-state index is 0.0650. The van der Waals surface area contributed by atoms with Crippen molar-refractivity contribution in [3.05, 3.63) is 47.8 Å². The summed E-state index contributed by atoms with van der Waals surface area (Å²) in [5.41, 5.74) is -1.47. The topological polar surface area (TPSA) is 179 Å². The number of carbonyl (C=O) groups is 4. The third kappa shape index (κ3) is 19.6. The molecule has 0 atom stereocenters. The quantitative estimate of drug-likeness (QED) is 0.0727. The number of nitrogens with zero attached hydrogens (tertiary/aromatic N) is 6. The van der Waals surface area contributed by atoms with Crippen LogP contribution in [-0.2, 0) is 32.1 Å². The van der Waals surface area contributed by atoms with Gasteiger partial charge in [-0.15, -0.1) is 4.99 Å². The monoisotopic (exact) mass is 878 g/mol. The van der Waals surface area contributed by atoms with Crippen molar-refractivity contribution in [1.29, 1.82) is 0 Å². The molecule has 4 amide bonds. The zero-order valence-electron chi connectivity index (χ0n) is 37.7. The third-order valence-electron chi connectivity index (χ3n) is 8.56. The van der Waals surface area contributed by atoms with E-state index >= 15 is 0 Å². The van der Waals surface area contributed by atoms with E-state index < -0.39 is 47.2 Å². The number of aliphatic imine (C=N–C) groups is 2. The Kier molecular flexibility index (Phi) is 19.1. The smallest absolute Gasteiger partial charge is 0.473 e. The molecule has 1 aliphatic rings. The van der Waals surface area contributed by atoms with Gasteiger partial charge in [-0.25, -0.2) is 14.4 Å². The molecule has 2 heterocycles. The second-order valence-corrected chi connectivity index (χ2v) is 17.8. The van der Waals surface area contributed by atoms with Crippen LogP contribution in [0.4, 0.5) is 27.6 Å². The Morgan fingerprint density at radius 3 is 1.89 bits per heavy atom. The van der Waals surface area contributed by atoms with Crippen LogP contribution in [-0.4, -0.2) is 99.2 Å². The van der Waals surface area contributed by atoms with E-state index in [1.54, 1.807) is 80.1 Å². The number of rotatable bonds is 16. The summed E-state index contributed by atoms with van der Waals surface area (Å²) in [6.45, 7) is 18.3. The average molecular weight is 879 g/mol. The molecule has 2 aromatic rings. The highest BCUT2D eigenvalue weighted by Gasteiger charge is 2.39. The van der Waals surface area contributed by atoms with E-state index in [9.17, 15) is 32.3 Å². The molecule has 0 spiro atoms. The van der Waals surface area contributed by atoms with Gasteiger partial charge in [-0.2, -0.15) is 18.2 Å². The first-order chi connectivity index (χ1) is 28.9. The number of unbranched alkanes of at least 4 members (excludes halogenated alkanes) is 6. The average Bonchev–Trinajstić information content (AvgIpc) is 3.51. The van der Waals surface area contributed by atoms with Gasteiger partial charge in [0.25, 0.3) is 0 Å². The van der Waals surface area contributed by atoms with E-state index in [1.165, 1.54) is 0 Å². The van der Waals surface area contributed by atoms with Crippen molar-refractivity contribution >= 4 is 36.0 Å². The number of hydrogen-bond donors (Lipinski definition) is 2. The zero-order valence-corrected chi connectivity index (χ0v) is 37.7. The summed E-state index contributed by atoms with van der Waals surface area (Å²) >= 11 is 0. The largest absolute Gasteiger partial charge is 0.494 e. The third-order valence-corrected chi connectivity index (χ3v) is 8.56. The maximum absolute atomic E-state index is 13.3. The molecule has 3 rings (SSSR count). The van der Waals surface area contributed by atoms with Gasteiger partial charge >= 0.3 is 30.4 Å². The molecule has 0 radical (unpaired) electrons. The number of alkyl halides is 3. The van der Waals surface area contributed by atoms with E-state index in [0.29, 0.717) is 76.6 Å². The van der Waals surface area contributed by atoms with Crippen LogP contribution in [0.1, 0.15) is 126 Å². The molecule has 1 aromatic carbocycles. The number of halogens is 3. The molecule has 1 aliphatic heterocycles. The van der Waals surface area contributed by atoms with Gasteiger partial charge in [0, 0.05) is 50.7 Å². The lowest BCUT2D eigenvalue weighted by molar-refractivity contribution is -0.169.